The maximum atomic E-state index is 13.5. The highest BCUT2D eigenvalue weighted by molar-refractivity contribution is 7.91. The molecule has 0 fully saturated rings. The average Bonchev–Trinajstić information content (AvgIpc) is 3.25. The number of aromatic nitrogens is 2. The van der Waals surface area contributed by atoms with E-state index in [1.165, 1.54) is 35.6 Å². The number of thiazole rings is 1. The molecule has 2 heterocycles. The van der Waals surface area contributed by atoms with E-state index < -0.39 is 9.84 Å². The highest BCUT2D eigenvalue weighted by Crippen LogP contribution is 2.34. The summed E-state index contributed by atoms with van der Waals surface area (Å²) < 4.78 is 25.2. The summed E-state index contributed by atoms with van der Waals surface area (Å²) in [5.41, 5.74) is 2.68. The number of benzene rings is 2. The number of nitrogens with zero attached hydrogens (tertiary/aromatic N) is 3. The van der Waals surface area contributed by atoms with E-state index in [1.807, 2.05) is 37.3 Å². The zero-order valence-corrected chi connectivity index (χ0v) is 19.8. The van der Waals surface area contributed by atoms with Crippen LogP contribution in [0, 0.1) is 6.92 Å². The molecule has 0 aliphatic heterocycles. The lowest BCUT2D eigenvalue weighted by atomic mass is 10.2. The summed E-state index contributed by atoms with van der Waals surface area (Å²) in [7, 11) is -3.35. The Bertz CT molecular complexity index is 1390. The lowest BCUT2D eigenvalue weighted by Crippen LogP contribution is -2.30. The molecule has 4 aromatic rings. The minimum Gasteiger partial charge on any atom is -0.278 e. The monoisotopic (exact) mass is 485 g/mol. The fourth-order valence-electron chi connectivity index (χ4n) is 3.21. The van der Waals surface area contributed by atoms with Gasteiger partial charge in [0.05, 0.1) is 33.1 Å². The fraction of sp³-hybridized carbons (Fsp3) is 0.174. The molecule has 0 aliphatic carbocycles. The minimum absolute atomic E-state index is 0.000288. The number of fused-ring (bicyclic) bond motifs is 1. The molecule has 0 atom stereocenters. The first-order valence-corrected chi connectivity index (χ1v) is 12.7. The second-order valence-electron chi connectivity index (χ2n) is 7.16. The molecular formula is C23H20ClN3O3S2. The van der Waals surface area contributed by atoms with Crippen molar-refractivity contribution < 1.29 is 13.2 Å². The first-order valence-electron chi connectivity index (χ1n) is 9.90. The number of hydrogen-bond acceptors (Lipinski definition) is 6. The highest BCUT2D eigenvalue weighted by atomic mass is 35.5. The molecule has 0 bridgehead atoms. The van der Waals surface area contributed by atoms with Crippen molar-refractivity contribution in [3.63, 3.8) is 0 Å². The third kappa shape index (κ3) is 4.39. The molecule has 0 saturated carbocycles. The summed E-state index contributed by atoms with van der Waals surface area (Å²) in [5.74, 6) is -0.293. The number of anilines is 1. The predicted molar refractivity (Wildman–Crippen MR) is 128 cm³/mol. The number of amides is 1. The second-order valence-corrected chi connectivity index (χ2v) is 10.9. The van der Waals surface area contributed by atoms with Crippen molar-refractivity contribution in [2.45, 2.75) is 25.3 Å². The van der Waals surface area contributed by atoms with E-state index in [-0.39, 0.29) is 23.1 Å². The van der Waals surface area contributed by atoms with E-state index in [0.29, 0.717) is 21.4 Å². The van der Waals surface area contributed by atoms with E-state index in [0.717, 1.165) is 15.8 Å². The maximum Gasteiger partial charge on any atom is 0.260 e. The summed E-state index contributed by atoms with van der Waals surface area (Å²) in [5, 5.41) is 1.14. The number of halogens is 1. The Labute approximate surface area is 195 Å². The van der Waals surface area contributed by atoms with Crippen LogP contribution in [0.5, 0.6) is 0 Å². The van der Waals surface area contributed by atoms with Crippen LogP contribution in [-0.4, -0.2) is 30.0 Å². The van der Waals surface area contributed by atoms with Crippen LogP contribution in [0.1, 0.15) is 28.5 Å². The normalized spacial score (nSPS) is 11.6. The molecule has 0 saturated heterocycles. The lowest BCUT2D eigenvalue weighted by molar-refractivity contribution is 0.0984. The van der Waals surface area contributed by atoms with Gasteiger partial charge in [0, 0.05) is 16.8 Å². The van der Waals surface area contributed by atoms with E-state index >= 15 is 0 Å². The van der Waals surface area contributed by atoms with Crippen molar-refractivity contribution in [3.8, 4) is 0 Å². The van der Waals surface area contributed by atoms with Gasteiger partial charge in [-0.15, -0.1) is 0 Å². The van der Waals surface area contributed by atoms with Gasteiger partial charge in [-0.2, -0.15) is 0 Å². The Morgan fingerprint density at radius 2 is 1.84 bits per heavy atom. The minimum atomic E-state index is -3.35. The Morgan fingerprint density at radius 3 is 2.50 bits per heavy atom. The molecule has 1 amide bonds. The Morgan fingerprint density at radius 1 is 1.09 bits per heavy atom. The summed E-state index contributed by atoms with van der Waals surface area (Å²) in [4.78, 5) is 24.3. The third-order valence-corrected chi connectivity index (χ3v) is 8.30. The van der Waals surface area contributed by atoms with Gasteiger partial charge < -0.3 is 0 Å². The SMILES string of the molecule is CCS(=O)(=O)c1ccc(C(=O)N(Cc2ccccn2)c2nc3c(C)c(Cl)ccc3s2)cc1. The number of carbonyl (C=O) groups excluding carboxylic acids is 1. The highest BCUT2D eigenvalue weighted by Gasteiger charge is 2.23. The molecule has 0 aliphatic rings. The van der Waals surface area contributed by atoms with Gasteiger partial charge in [0.1, 0.15) is 0 Å². The van der Waals surface area contributed by atoms with Gasteiger partial charge in [-0.1, -0.05) is 35.9 Å². The number of pyridine rings is 1. The van der Waals surface area contributed by atoms with Crippen LogP contribution in [0.25, 0.3) is 10.2 Å². The zero-order chi connectivity index (χ0) is 22.9. The first kappa shape index (κ1) is 22.4. The van der Waals surface area contributed by atoms with Gasteiger partial charge in [-0.3, -0.25) is 14.7 Å². The lowest BCUT2D eigenvalue weighted by Gasteiger charge is -2.19. The largest absolute Gasteiger partial charge is 0.278 e. The molecule has 6 nitrogen and oxygen atoms in total. The van der Waals surface area contributed by atoms with Crippen molar-refractivity contribution in [2.75, 3.05) is 10.7 Å². The van der Waals surface area contributed by atoms with Gasteiger partial charge in [-0.25, -0.2) is 13.4 Å². The molecule has 4 rings (SSSR count). The van der Waals surface area contributed by atoms with E-state index in [4.69, 9.17) is 16.6 Å². The fourth-order valence-corrected chi connectivity index (χ4v) is 5.27. The topological polar surface area (TPSA) is 80.2 Å². The van der Waals surface area contributed by atoms with Gasteiger partial charge in [0.25, 0.3) is 5.91 Å². The van der Waals surface area contributed by atoms with Crippen LogP contribution < -0.4 is 4.90 Å². The van der Waals surface area contributed by atoms with Gasteiger partial charge in [-0.05, 0) is 61.0 Å². The van der Waals surface area contributed by atoms with Crippen molar-refractivity contribution >= 4 is 54.0 Å². The van der Waals surface area contributed by atoms with Gasteiger partial charge >= 0.3 is 0 Å². The van der Waals surface area contributed by atoms with Crippen molar-refractivity contribution in [1.82, 2.24) is 9.97 Å². The number of sulfone groups is 1. The predicted octanol–water partition coefficient (Wildman–Crippen LogP) is 5.29. The smallest absolute Gasteiger partial charge is 0.260 e. The third-order valence-electron chi connectivity index (χ3n) is 5.10. The molecular weight excluding hydrogens is 466 g/mol. The Kier molecular flexibility index (Phi) is 6.28. The van der Waals surface area contributed by atoms with Crippen LogP contribution in [0.4, 0.5) is 5.13 Å². The number of rotatable bonds is 6. The number of aryl methyl sites for hydroxylation is 1. The van der Waals surface area contributed by atoms with E-state index in [9.17, 15) is 13.2 Å². The van der Waals surface area contributed by atoms with E-state index in [1.54, 1.807) is 18.0 Å². The quantitative estimate of drug-likeness (QED) is 0.370. The number of hydrogen-bond donors (Lipinski definition) is 0. The van der Waals surface area contributed by atoms with Crippen LogP contribution in [0.3, 0.4) is 0 Å². The molecule has 164 valence electrons. The summed E-state index contributed by atoms with van der Waals surface area (Å²) >= 11 is 7.65. The molecule has 0 radical (unpaired) electrons. The summed E-state index contributed by atoms with van der Waals surface area (Å²) in [6.45, 7) is 3.71. The average molecular weight is 486 g/mol. The van der Waals surface area contributed by atoms with Crippen molar-refractivity contribution in [3.05, 3.63) is 82.6 Å². The standard InChI is InChI=1S/C23H20ClN3O3S2/c1-3-32(29,30)18-9-7-16(8-10-18)22(28)27(14-17-6-4-5-13-25-17)23-26-21-15(2)19(24)11-12-20(21)31-23/h4-13H,3,14H2,1-2H3. The molecule has 2 aromatic heterocycles. The second kappa shape index (κ2) is 8.97. The van der Waals surface area contributed by atoms with Crippen molar-refractivity contribution in [1.29, 1.82) is 0 Å². The van der Waals surface area contributed by atoms with Gasteiger partial charge in [0.15, 0.2) is 15.0 Å². The molecule has 32 heavy (non-hydrogen) atoms. The number of carbonyl (C=O) groups is 1. The first-order chi connectivity index (χ1) is 15.3. The van der Waals surface area contributed by atoms with Crippen LogP contribution in [0.15, 0.2) is 65.7 Å². The van der Waals surface area contributed by atoms with E-state index in [2.05, 4.69) is 4.98 Å². The van der Waals surface area contributed by atoms with Crippen molar-refractivity contribution in [2.24, 2.45) is 0 Å². The van der Waals surface area contributed by atoms with Gasteiger partial charge in [0.2, 0.25) is 0 Å². The molecule has 0 N–H and O–H groups in total. The van der Waals surface area contributed by atoms with Crippen LogP contribution >= 0.6 is 22.9 Å². The molecule has 2 aromatic carbocycles. The van der Waals surface area contributed by atoms with Crippen LogP contribution in [0.2, 0.25) is 5.02 Å². The summed E-state index contributed by atoms with van der Waals surface area (Å²) in [6, 6.07) is 15.2. The summed E-state index contributed by atoms with van der Waals surface area (Å²) in [6.07, 6.45) is 1.67. The Hall–Kier alpha value is -2.81. The maximum absolute atomic E-state index is 13.5. The molecule has 0 unspecified atom stereocenters. The molecule has 0 spiro atoms. The molecule has 9 heteroatoms. The van der Waals surface area contributed by atoms with Crippen LogP contribution in [-0.2, 0) is 16.4 Å². The zero-order valence-electron chi connectivity index (χ0n) is 17.4. The Balaban J connectivity index is 1.76.